The van der Waals surface area contributed by atoms with Gasteiger partial charge in [-0.05, 0) is 39.7 Å². The maximum Gasteiger partial charge on any atom is 0.317 e. The number of nitrogens with zero attached hydrogens (tertiary/aromatic N) is 2. The van der Waals surface area contributed by atoms with Crippen molar-refractivity contribution >= 4 is 23.3 Å². The molecule has 1 aromatic rings. The Hall–Kier alpha value is -2.64. The van der Waals surface area contributed by atoms with Crippen LogP contribution in [-0.4, -0.2) is 40.9 Å². The van der Waals surface area contributed by atoms with Crippen LogP contribution in [0.2, 0.25) is 0 Å². The van der Waals surface area contributed by atoms with E-state index in [-0.39, 0.29) is 29.6 Å². The summed E-state index contributed by atoms with van der Waals surface area (Å²) in [5, 5.41) is 16.6. The summed E-state index contributed by atoms with van der Waals surface area (Å²) in [5.41, 5.74) is 0.827. The summed E-state index contributed by atoms with van der Waals surface area (Å²) in [6, 6.07) is 4.47. The van der Waals surface area contributed by atoms with Crippen molar-refractivity contribution in [2.75, 3.05) is 18.4 Å². The molecule has 1 aliphatic rings. The lowest BCUT2D eigenvalue weighted by Gasteiger charge is -2.32. The fraction of sp³-hybridized carbons (Fsp3) is 0.529. The Morgan fingerprint density at radius 2 is 2.08 bits per heavy atom. The number of likely N-dealkylation sites (tertiary alicyclic amines) is 1. The molecule has 1 aliphatic heterocycles. The SMILES string of the molecule is Cc1c(NC(=O)C2CCCN(C(=O)NC(C)C)C2)cccc1[N+](=O)[O-]. The highest BCUT2D eigenvalue weighted by Gasteiger charge is 2.29. The zero-order chi connectivity index (χ0) is 18.6. The van der Waals surface area contributed by atoms with E-state index in [2.05, 4.69) is 10.6 Å². The van der Waals surface area contributed by atoms with E-state index in [1.54, 1.807) is 24.0 Å². The van der Waals surface area contributed by atoms with Gasteiger partial charge in [0, 0.05) is 25.2 Å². The van der Waals surface area contributed by atoms with Crippen LogP contribution in [-0.2, 0) is 4.79 Å². The maximum absolute atomic E-state index is 12.6. The second kappa shape index (κ2) is 7.96. The smallest absolute Gasteiger partial charge is 0.317 e. The molecule has 1 heterocycles. The topological polar surface area (TPSA) is 105 Å². The van der Waals surface area contributed by atoms with Crippen molar-refractivity contribution < 1.29 is 14.5 Å². The first-order valence-corrected chi connectivity index (χ1v) is 8.40. The molecule has 0 spiro atoms. The summed E-state index contributed by atoms with van der Waals surface area (Å²) in [6.45, 7) is 6.35. The monoisotopic (exact) mass is 348 g/mol. The van der Waals surface area contributed by atoms with Crippen molar-refractivity contribution in [1.29, 1.82) is 0 Å². The van der Waals surface area contributed by atoms with E-state index in [0.717, 1.165) is 6.42 Å². The third-order valence-corrected chi connectivity index (χ3v) is 4.25. The number of carbonyl (C=O) groups is 2. The first-order valence-electron chi connectivity index (χ1n) is 8.40. The van der Waals surface area contributed by atoms with E-state index in [1.807, 2.05) is 13.8 Å². The highest BCUT2D eigenvalue weighted by molar-refractivity contribution is 5.94. The molecule has 8 heteroatoms. The Bertz CT molecular complexity index is 675. The molecule has 1 fully saturated rings. The zero-order valence-electron chi connectivity index (χ0n) is 14.7. The summed E-state index contributed by atoms with van der Waals surface area (Å²) in [7, 11) is 0. The number of urea groups is 1. The lowest BCUT2D eigenvalue weighted by molar-refractivity contribution is -0.385. The first-order chi connectivity index (χ1) is 11.8. The summed E-state index contributed by atoms with van der Waals surface area (Å²) in [5.74, 6) is -0.545. The predicted molar refractivity (Wildman–Crippen MR) is 94.4 cm³/mol. The minimum Gasteiger partial charge on any atom is -0.336 e. The highest BCUT2D eigenvalue weighted by atomic mass is 16.6. The van der Waals surface area contributed by atoms with Crippen LogP contribution in [0.5, 0.6) is 0 Å². The number of rotatable bonds is 4. The highest BCUT2D eigenvalue weighted by Crippen LogP contribution is 2.26. The lowest BCUT2D eigenvalue weighted by Crippen LogP contribution is -2.49. The molecule has 0 aliphatic carbocycles. The third-order valence-electron chi connectivity index (χ3n) is 4.25. The zero-order valence-corrected chi connectivity index (χ0v) is 14.7. The van der Waals surface area contributed by atoms with Crippen LogP contribution >= 0.6 is 0 Å². The quantitative estimate of drug-likeness (QED) is 0.644. The number of nitro benzene ring substituents is 1. The first kappa shape index (κ1) is 18.7. The van der Waals surface area contributed by atoms with Crippen molar-refractivity contribution in [3.05, 3.63) is 33.9 Å². The van der Waals surface area contributed by atoms with Crippen LogP contribution in [0, 0.1) is 23.0 Å². The average molecular weight is 348 g/mol. The van der Waals surface area contributed by atoms with Gasteiger partial charge in [-0.1, -0.05) is 6.07 Å². The fourth-order valence-electron chi connectivity index (χ4n) is 2.91. The molecule has 136 valence electrons. The van der Waals surface area contributed by atoms with E-state index in [9.17, 15) is 19.7 Å². The molecular weight excluding hydrogens is 324 g/mol. The van der Waals surface area contributed by atoms with Gasteiger partial charge in [0.1, 0.15) is 0 Å². The van der Waals surface area contributed by atoms with Crippen LogP contribution in [0.15, 0.2) is 18.2 Å². The van der Waals surface area contributed by atoms with Crippen LogP contribution in [0.4, 0.5) is 16.2 Å². The van der Waals surface area contributed by atoms with Crippen molar-refractivity contribution in [1.82, 2.24) is 10.2 Å². The molecule has 25 heavy (non-hydrogen) atoms. The number of anilines is 1. The minimum atomic E-state index is -0.469. The van der Waals surface area contributed by atoms with Crippen LogP contribution in [0.1, 0.15) is 32.3 Å². The molecule has 1 saturated heterocycles. The Morgan fingerprint density at radius 1 is 1.36 bits per heavy atom. The van der Waals surface area contributed by atoms with Gasteiger partial charge in [-0.3, -0.25) is 14.9 Å². The third kappa shape index (κ3) is 4.68. The number of hydrogen-bond acceptors (Lipinski definition) is 4. The van der Waals surface area contributed by atoms with Crippen molar-refractivity contribution in [3.63, 3.8) is 0 Å². The van der Waals surface area contributed by atoms with Crippen molar-refractivity contribution in [2.24, 2.45) is 5.92 Å². The summed E-state index contributed by atoms with van der Waals surface area (Å²) >= 11 is 0. The van der Waals surface area contributed by atoms with Crippen molar-refractivity contribution in [3.8, 4) is 0 Å². The number of benzene rings is 1. The second-order valence-corrected chi connectivity index (χ2v) is 6.59. The van der Waals surface area contributed by atoms with Gasteiger partial charge in [-0.15, -0.1) is 0 Å². The number of nitrogens with one attached hydrogen (secondary N) is 2. The van der Waals surface area contributed by atoms with Gasteiger partial charge in [0.25, 0.3) is 5.69 Å². The van der Waals surface area contributed by atoms with Crippen LogP contribution in [0.25, 0.3) is 0 Å². The molecule has 0 aromatic heterocycles. The molecular formula is C17H24N4O4. The number of amides is 3. The van der Waals surface area contributed by atoms with Gasteiger partial charge < -0.3 is 15.5 Å². The minimum absolute atomic E-state index is 0.0284. The fourth-order valence-corrected chi connectivity index (χ4v) is 2.91. The standard InChI is InChI=1S/C17H24N4O4/c1-11(2)18-17(23)20-9-5-6-13(10-20)16(22)19-14-7-4-8-15(12(14)3)21(24)25/h4,7-8,11,13H,5-6,9-10H2,1-3H3,(H,18,23)(H,19,22). The van der Waals surface area contributed by atoms with E-state index in [0.29, 0.717) is 30.8 Å². The number of hydrogen-bond donors (Lipinski definition) is 2. The molecule has 2 rings (SSSR count). The molecule has 2 N–H and O–H groups in total. The van der Waals surface area contributed by atoms with Crippen LogP contribution in [0.3, 0.4) is 0 Å². The number of carbonyl (C=O) groups excluding carboxylic acids is 2. The van der Waals surface area contributed by atoms with Gasteiger partial charge in [0.15, 0.2) is 0 Å². The van der Waals surface area contributed by atoms with Crippen LogP contribution < -0.4 is 10.6 Å². The summed E-state index contributed by atoms with van der Waals surface area (Å²) in [4.78, 5) is 36.9. The lowest BCUT2D eigenvalue weighted by atomic mass is 9.97. The van der Waals surface area contributed by atoms with Gasteiger partial charge >= 0.3 is 6.03 Å². The van der Waals surface area contributed by atoms with Gasteiger partial charge in [-0.25, -0.2) is 4.79 Å². The van der Waals surface area contributed by atoms with E-state index in [1.165, 1.54) is 6.07 Å². The van der Waals surface area contributed by atoms with Gasteiger partial charge in [-0.2, -0.15) is 0 Å². The molecule has 1 atom stereocenters. The molecule has 3 amide bonds. The number of nitro groups is 1. The summed E-state index contributed by atoms with van der Waals surface area (Å²) in [6.07, 6.45) is 1.43. The Kier molecular flexibility index (Phi) is 5.95. The molecule has 8 nitrogen and oxygen atoms in total. The molecule has 0 radical (unpaired) electrons. The normalized spacial score (nSPS) is 17.3. The average Bonchev–Trinajstić information content (AvgIpc) is 2.56. The van der Waals surface area contributed by atoms with Gasteiger partial charge in [0.05, 0.1) is 22.1 Å². The van der Waals surface area contributed by atoms with E-state index in [4.69, 9.17) is 0 Å². The Labute approximate surface area is 146 Å². The maximum atomic E-state index is 12.6. The Morgan fingerprint density at radius 3 is 2.72 bits per heavy atom. The van der Waals surface area contributed by atoms with E-state index >= 15 is 0 Å². The van der Waals surface area contributed by atoms with E-state index < -0.39 is 4.92 Å². The van der Waals surface area contributed by atoms with Crippen molar-refractivity contribution in [2.45, 2.75) is 39.7 Å². The predicted octanol–water partition coefficient (Wildman–Crippen LogP) is 2.67. The number of piperidine rings is 1. The Balaban J connectivity index is 2.05. The molecule has 1 unspecified atom stereocenters. The molecule has 0 bridgehead atoms. The van der Waals surface area contributed by atoms with Gasteiger partial charge in [0.2, 0.25) is 5.91 Å². The molecule has 0 saturated carbocycles. The second-order valence-electron chi connectivity index (χ2n) is 6.59. The summed E-state index contributed by atoms with van der Waals surface area (Å²) < 4.78 is 0. The largest absolute Gasteiger partial charge is 0.336 e. The molecule has 1 aromatic carbocycles.